The summed E-state index contributed by atoms with van der Waals surface area (Å²) in [6.45, 7) is 9.97. The summed E-state index contributed by atoms with van der Waals surface area (Å²) in [5.74, 6) is -0.0159. The van der Waals surface area contributed by atoms with Crippen LogP contribution in [0, 0.1) is 0 Å². The number of anilines is 1. The second-order valence-corrected chi connectivity index (χ2v) is 10.2. The fourth-order valence-electron chi connectivity index (χ4n) is 4.86. The van der Waals surface area contributed by atoms with Crippen molar-refractivity contribution >= 4 is 34.4 Å². The van der Waals surface area contributed by atoms with Crippen LogP contribution in [0.3, 0.4) is 0 Å². The number of hydrogen-bond acceptors (Lipinski definition) is 4. The summed E-state index contributed by atoms with van der Waals surface area (Å²) in [5.41, 5.74) is 6.32. The number of amides is 2. The van der Waals surface area contributed by atoms with E-state index < -0.39 is 0 Å². The van der Waals surface area contributed by atoms with E-state index in [1.807, 2.05) is 54.3 Å². The maximum absolute atomic E-state index is 12.8. The van der Waals surface area contributed by atoms with Crippen LogP contribution >= 0.6 is 11.3 Å². The third-order valence-corrected chi connectivity index (χ3v) is 7.58. The lowest BCUT2D eigenvalue weighted by Crippen LogP contribution is -2.30. The Morgan fingerprint density at radius 2 is 1.61 bits per heavy atom. The number of nitrogens with one attached hydrogen (secondary N) is 1. The van der Waals surface area contributed by atoms with Crippen molar-refractivity contribution in [2.24, 2.45) is 0 Å². The molecule has 36 heavy (non-hydrogen) atoms. The molecule has 4 rings (SSSR count). The highest BCUT2D eigenvalue weighted by Crippen LogP contribution is 2.34. The van der Waals surface area contributed by atoms with Gasteiger partial charge in [-0.15, -0.1) is 11.3 Å². The van der Waals surface area contributed by atoms with Gasteiger partial charge in [0.2, 0.25) is 5.91 Å². The van der Waals surface area contributed by atoms with Gasteiger partial charge in [-0.05, 0) is 79.1 Å². The van der Waals surface area contributed by atoms with Gasteiger partial charge in [0.1, 0.15) is 0 Å². The van der Waals surface area contributed by atoms with Crippen LogP contribution in [0.2, 0.25) is 0 Å². The number of carbonyl (C=O) groups is 2. The number of rotatable bonds is 8. The molecular formula is C30H35N3O2S. The lowest BCUT2D eigenvalue weighted by molar-refractivity contribution is -0.114. The lowest BCUT2D eigenvalue weighted by atomic mass is 9.87. The van der Waals surface area contributed by atoms with Crippen molar-refractivity contribution in [1.29, 1.82) is 0 Å². The van der Waals surface area contributed by atoms with Gasteiger partial charge in [-0.3, -0.25) is 14.5 Å². The fourth-order valence-corrected chi connectivity index (χ4v) is 5.60. The largest absolute Gasteiger partial charge is 0.339 e. The molecule has 1 fully saturated rings. The minimum atomic E-state index is -0.0810. The molecule has 0 unspecified atom stereocenters. The topological polar surface area (TPSA) is 52.7 Å². The average Bonchev–Trinajstić information content (AvgIpc) is 3.39. The van der Waals surface area contributed by atoms with E-state index in [0.717, 1.165) is 49.3 Å². The Hall–Kier alpha value is -3.22. The second-order valence-electron chi connectivity index (χ2n) is 9.15. The summed E-state index contributed by atoms with van der Waals surface area (Å²) in [7, 11) is 0. The Balaban J connectivity index is 1.65. The van der Waals surface area contributed by atoms with E-state index in [2.05, 4.69) is 52.0 Å². The van der Waals surface area contributed by atoms with Crippen molar-refractivity contribution in [3.8, 4) is 0 Å². The summed E-state index contributed by atoms with van der Waals surface area (Å²) in [4.78, 5) is 30.3. The predicted octanol–water partition coefficient (Wildman–Crippen LogP) is 6.29. The van der Waals surface area contributed by atoms with E-state index in [9.17, 15) is 9.59 Å². The minimum absolute atomic E-state index is 0.0651. The molecule has 0 aliphatic carbocycles. The first kappa shape index (κ1) is 25.9. The van der Waals surface area contributed by atoms with E-state index in [1.165, 1.54) is 22.9 Å². The van der Waals surface area contributed by atoms with Crippen molar-refractivity contribution in [1.82, 2.24) is 9.80 Å². The third kappa shape index (κ3) is 6.31. The molecule has 2 aromatic carbocycles. The molecule has 1 N–H and O–H groups in total. The lowest BCUT2D eigenvalue weighted by Gasteiger charge is -2.30. The van der Waals surface area contributed by atoms with E-state index in [0.29, 0.717) is 18.7 Å². The van der Waals surface area contributed by atoms with Crippen molar-refractivity contribution in [2.45, 2.75) is 40.2 Å². The van der Waals surface area contributed by atoms with Gasteiger partial charge < -0.3 is 10.2 Å². The van der Waals surface area contributed by atoms with Crippen LogP contribution in [0.15, 0.2) is 71.6 Å². The number of hydrogen-bond donors (Lipinski definition) is 1. The van der Waals surface area contributed by atoms with Gasteiger partial charge >= 0.3 is 0 Å². The molecule has 2 amide bonds. The van der Waals surface area contributed by atoms with E-state index in [4.69, 9.17) is 0 Å². The smallest absolute Gasteiger partial charge is 0.253 e. The Morgan fingerprint density at radius 1 is 0.917 bits per heavy atom. The zero-order valence-electron chi connectivity index (χ0n) is 21.4. The highest BCUT2D eigenvalue weighted by molar-refractivity contribution is 7.09. The van der Waals surface area contributed by atoms with E-state index in [-0.39, 0.29) is 11.8 Å². The maximum Gasteiger partial charge on any atom is 0.253 e. The number of piperidine rings is 1. The molecule has 1 aliphatic rings. The SMILES string of the molecule is CCN(CC)C(=O)c1ccc(C(=C2CCN(Cc3cccs3)CC2)c2cccc(NC(C)=O)c2)cc1. The molecular weight excluding hydrogens is 466 g/mol. The number of carbonyl (C=O) groups excluding carboxylic acids is 2. The zero-order valence-corrected chi connectivity index (χ0v) is 22.2. The summed E-state index contributed by atoms with van der Waals surface area (Å²) < 4.78 is 0. The molecule has 1 aromatic heterocycles. The van der Waals surface area contributed by atoms with Crippen molar-refractivity contribution in [3.63, 3.8) is 0 Å². The maximum atomic E-state index is 12.8. The predicted molar refractivity (Wildman–Crippen MR) is 149 cm³/mol. The van der Waals surface area contributed by atoms with Crippen molar-refractivity contribution in [2.75, 3.05) is 31.5 Å². The molecule has 188 valence electrons. The highest BCUT2D eigenvalue weighted by atomic mass is 32.1. The van der Waals surface area contributed by atoms with Gasteiger partial charge in [-0.25, -0.2) is 0 Å². The van der Waals surface area contributed by atoms with Crippen LogP contribution in [0.1, 0.15) is 60.0 Å². The summed E-state index contributed by atoms with van der Waals surface area (Å²) in [6.07, 6.45) is 1.98. The molecule has 0 spiro atoms. The first-order valence-electron chi connectivity index (χ1n) is 12.7. The second kappa shape index (κ2) is 12.2. The number of nitrogens with zero attached hydrogens (tertiary/aromatic N) is 2. The van der Waals surface area contributed by atoms with Gasteiger partial charge in [0.05, 0.1) is 0 Å². The molecule has 2 heterocycles. The Kier molecular flexibility index (Phi) is 8.73. The molecule has 0 radical (unpaired) electrons. The first-order valence-corrected chi connectivity index (χ1v) is 13.6. The molecule has 3 aromatic rings. The standard InChI is InChI=1S/C30H35N3O2S/c1-4-33(5-2)30(35)25-13-11-23(12-14-25)29(26-8-6-9-27(20-26)31-22(3)34)24-15-17-32(18-16-24)21-28-10-7-19-36-28/h6-14,19-20H,4-5,15-18,21H2,1-3H3,(H,31,34). The fraction of sp³-hybridized carbons (Fsp3) is 0.333. The number of thiophene rings is 1. The molecule has 0 saturated carbocycles. The summed E-state index contributed by atoms with van der Waals surface area (Å²) in [5, 5.41) is 5.06. The zero-order chi connectivity index (χ0) is 25.5. The molecule has 6 heteroatoms. The summed E-state index contributed by atoms with van der Waals surface area (Å²) >= 11 is 1.81. The van der Waals surface area contributed by atoms with Crippen LogP contribution in [0.5, 0.6) is 0 Å². The number of benzene rings is 2. The normalized spacial score (nSPS) is 13.9. The van der Waals surface area contributed by atoms with Gasteiger partial charge in [0.15, 0.2) is 0 Å². The molecule has 1 aliphatic heterocycles. The average molecular weight is 502 g/mol. The highest BCUT2D eigenvalue weighted by Gasteiger charge is 2.20. The minimum Gasteiger partial charge on any atom is -0.339 e. The van der Waals surface area contributed by atoms with Crippen LogP contribution in [-0.2, 0) is 11.3 Å². The molecule has 5 nitrogen and oxygen atoms in total. The monoisotopic (exact) mass is 501 g/mol. The van der Waals surface area contributed by atoms with Gasteiger partial charge in [-0.2, -0.15) is 0 Å². The quantitative estimate of drug-likeness (QED) is 0.395. The van der Waals surface area contributed by atoms with Crippen LogP contribution in [0.25, 0.3) is 5.57 Å². The number of likely N-dealkylation sites (tertiary alicyclic amines) is 1. The van der Waals surface area contributed by atoms with E-state index >= 15 is 0 Å². The van der Waals surface area contributed by atoms with Gasteiger partial charge in [-0.1, -0.05) is 35.9 Å². The van der Waals surface area contributed by atoms with Crippen molar-refractivity contribution in [3.05, 3.63) is 93.2 Å². The van der Waals surface area contributed by atoms with Crippen LogP contribution < -0.4 is 5.32 Å². The molecule has 0 bridgehead atoms. The van der Waals surface area contributed by atoms with Gasteiger partial charge in [0, 0.05) is 55.8 Å². The Morgan fingerprint density at radius 3 is 2.22 bits per heavy atom. The Labute approximate surface area is 218 Å². The molecule has 0 atom stereocenters. The Bertz CT molecular complexity index is 1200. The van der Waals surface area contributed by atoms with Crippen LogP contribution in [0.4, 0.5) is 5.69 Å². The summed E-state index contributed by atoms with van der Waals surface area (Å²) in [6, 6.07) is 20.4. The van der Waals surface area contributed by atoms with Crippen molar-refractivity contribution < 1.29 is 9.59 Å². The molecule has 1 saturated heterocycles. The van der Waals surface area contributed by atoms with Gasteiger partial charge in [0.25, 0.3) is 5.91 Å². The van der Waals surface area contributed by atoms with E-state index in [1.54, 1.807) is 0 Å². The third-order valence-electron chi connectivity index (χ3n) is 6.72. The van der Waals surface area contributed by atoms with Crippen LogP contribution in [-0.4, -0.2) is 47.8 Å². The first-order chi connectivity index (χ1) is 17.5.